The Bertz CT molecular complexity index is 151. The Labute approximate surface area is 86.5 Å². The molecule has 0 fully saturated rings. The van der Waals surface area contributed by atoms with Gasteiger partial charge in [-0.3, -0.25) is 0 Å². The minimum atomic E-state index is 0.651. The molecule has 0 heterocycles. The highest BCUT2D eigenvalue weighted by Crippen LogP contribution is 2.08. The first-order valence-electron chi connectivity index (χ1n) is 5.38. The third kappa shape index (κ3) is 5.37. The predicted molar refractivity (Wildman–Crippen MR) is 57.5 cm³/mol. The summed E-state index contributed by atoms with van der Waals surface area (Å²) >= 11 is 0. The number of hydrogen-bond donors (Lipinski definition) is 1. The predicted octanol–water partition coefficient (Wildman–Crippen LogP) is 1.35. The van der Waals surface area contributed by atoms with Crippen LogP contribution in [0, 0.1) is 0 Å². The van der Waals surface area contributed by atoms with Crippen LogP contribution in [0.3, 0.4) is 0 Å². The van der Waals surface area contributed by atoms with Gasteiger partial charge in [-0.05, 0) is 19.3 Å². The SMILES string of the molecule is COCCCOCCNC1CC=CC1. The summed E-state index contributed by atoms with van der Waals surface area (Å²) in [7, 11) is 1.72. The van der Waals surface area contributed by atoms with Crippen LogP contribution in [-0.4, -0.2) is 39.5 Å². The molecule has 1 rings (SSSR count). The molecule has 0 saturated heterocycles. The van der Waals surface area contributed by atoms with E-state index in [0.29, 0.717) is 6.04 Å². The van der Waals surface area contributed by atoms with Crippen LogP contribution < -0.4 is 5.32 Å². The van der Waals surface area contributed by atoms with Crippen LogP contribution >= 0.6 is 0 Å². The van der Waals surface area contributed by atoms with Crippen molar-refractivity contribution in [2.24, 2.45) is 0 Å². The average molecular weight is 199 g/mol. The van der Waals surface area contributed by atoms with Crippen LogP contribution in [0.15, 0.2) is 12.2 Å². The molecule has 0 bridgehead atoms. The van der Waals surface area contributed by atoms with E-state index in [9.17, 15) is 0 Å². The molecule has 0 radical (unpaired) electrons. The van der Waals surface area contributed by atoms with E-state index in [2.05, 4.69) is 17.5 Å². The summed E-state index contributed by atoms with van der Waals surface area (Å²) in [5, 5.41) is 3.45. The van der Waals surface area contributed by atoms with Gasteiger partial charge in [0.1, 0.15) is 0 Å². The number of nitrogens with one attached hydrogen (secondary N) is 1. The second kappa shape index (κ2) is 7.97. The molecule has 0 atom stereocenters. The zero-order valence-corrected chi connectivity index (χ0v) is 9.00. The van der Waals surface area contributed by atoms with Crippen LogP contribution in [0.1, 0.15) is 19.3 Å². The highest BCUT2D eigenvalue weighted by atomic mass is 16.5. The summed E-state index contributed by atoms with van der Waals surface area (Å²) in [6, 6.07) is 0.651. The quantitative estimate of drug-likeness (QED) is 0.473. The Morgan fingerprint density at radius 1 is 1.21 bits per heavy atom. The molecule has 0 amide bonds. The molecule has 1 aliphatic carbocycles. The van der Waals surface area contributed by atoms with Crippen molar-refractivity contribution in [3.63, 3.8) is 0 Å². The van der Waals surface area contributed by atoms with Gasteiger partial charge in [-0.2, -0.15) is 0 Å². The van der Waals surface area contributed by atoms with E-state index in [1.54, 1.807) is 7.11 Å². The molecule has 0 unspecified atom stereocenters. The monoisotopic (exact) mass is 199 g/mol. The van der Waals surface area contributed by atoms with Crippen molar-refractivity contribution in [1.29, 1.82) is 0 Å². The fourth-order valence-corrected chi connectivity index (χ4v) is 1.53. The van der Waals surface area contributed by atoms with Crippen molar-refractivity contribution in [1.82, 2.24) is 5.32 Å². The number of methoxy groups -OCH3 is 1. The lowest BCUT2D eigenvalue weighted by molar-refractivity contribution is 0.103. The second-order valence-corrected chi connectivity index (χ2v) is 3.55. The highest BCUT2D eigenvalue weighted by molar-refractivity contribution is 4.97. The molecule has 3 heteroatoms. The molecule has 0 spiro atoms. The third-order valence-electron chi connectivity index (χ3n) is 2.32. The van der Waals surface area contributed by atoms with Crippen LogP contribution in [0.5, 0.6) is 0 Å². The van der Waals surface area contributed by atoms with E-state index >= 15 is 0 Å². The van der Waals surface area contributed by atoms with Crippen LogP contribution in [0.4, 0.5) is 0 Å². The normalized spacial score (nSPS) is 16.6. The maximum absolute atomic E-state index is 5.43. The van der Waals surface area contributed by atoms with Gasteiger partial charge < -0.3 is 14.8 Å². The molecule has 14 heavy (non-hydrogen) atoms. The second-order valence-electron chi connectivity index (χ2n) is 3.55. The largest absolute Gasteiger partial charge is 0.385 e. The fourth-order valence-electron chi connectivity index (χ4n) is 1.53. The van der Waals surface area contributed by atoms with Crippen molar-refractivity contribution in [2.45, 2.75) is 25.3 Å². The molecule has 1 N–H and O–H groups in total. The number of hydrogen-bond acceptors (Lipinski definition) is 3. The van der Waals surface area contributed by atoms with Gasteiger partial charge >= 0.3 is 0 Å². The Morgan fingerprint density at radius 2 is 2.00 bits per heavy atom. The maximum Gasteiger partial charge on any atom is 0.0591 e. The Kier molecular flexibility index (Phi) is 6.66. The van der Waals surface area contributed by atoms with Crippen molar-refractivity contribution in [3.8, 4) is 0 Å². The first-order chi connectivity index (χ1) is 6.93. The van der Waals surface area contributed by atoms with Crippen molar-refractivity contribution >= 4 is 0 Å². The third-order valence-corrected chi connectivity index (χ3v) is 2.32. The van der Waals surface area contributed by atoms with Gasteiger partial charge in [-0.15, -0.1) is 0 Å². The minimum Gasteiger partial charge on any atom is -0.385 e. The summed E-state index contributed by atoms with van der Waals surface area (Å²) in [6.07, 6.45) is 7.79. The van der Waals surface area contributed by atoms with Gasteiger partial charge in [0.15, 0.2) is 0 Å². The van der Waals surface area contributed by atoms with Crippen molar-refractivity contribution in [3.05, 3.63) is 12.2 Å². The van der Waals surface area contributed by atoms with E-state index in [1.807, 2.05) is 0 Å². The summed E-state index contributed by atoms with van der Waals surface area (Å²) in [5.41, 5.74) is 0. The minimum absolute atomic E-state index is 0.651. The van der Waals surface area contributed by atoms with E-state index in [4.69, 9.17) is 9.47 Å². The fraction of sp³-hybridized carbons (Fsp3) is 0.818. The molecular formula is C11H21NO2. The molecule has 0 aromatic heterocycles. The smallest absolute Gasteiger partial charge is 0.0591 e. The highest BCUT2D eigenvalue weighted by Gasteiger charge is 2.07. The lowest BCUT2D eigenvalue weighted by Crippen LogP contribution is -2.29. The summed E-state index contributed by atoms with van der Waals surface area (Å²) in [5.74, 6) is 0. The van der Waals surface area contributed by atoms with Crippen molar-refractivity contribution < 1.29 is 9.47 Å². The van der Waals surface area contributed by atoms with E-state index in [1.165, 1.54) is 12.8 Å². The summed E-state index contributed by atoms with van der Waals surface area (Å²) < 4.78 is 10.4. The van der Waals surface area contributed by atoms with E-state index < -0.39 is 0 Å². The lowest BCUT2D eigenvalue weighted by Gasteiger charge is -2.11. The van der Waals surface area contributed by atoms with Gasteiger partial charge in [0.05, 0.1) is 6.61 Å². The van der Waals surface area contributed by atoms with Gasteiger partial charge in [0, 0.05) is 32.9 Å². The Hall–Kier alpha value is -0.380. The Balaban J connectivity index is 1.75. The van der Waals surface area contributed by atoms with E-state index in [0.717, 1.165) is 32.8 Å². The average Bonchev–Trinajstić information content (AvgIpc) is 2.69. The number of rotatable bonds is 8. The first kappa shape index (κ1) is 11.7. The van der Waals surface area contributed by atoms with Gasteiger partial charge in [-0.1, -0.05) is 12.2 Å². The molecule has 82 valence electrons. The summed E-state index contributed by atoms with van der Waals surface area (Å²) in [4.78, 5) is 0. The van der Waals surface area contributed by atoms with E-state index in [-0.39, 0.29) is 0 Å². The summed E-state index contributed by atoms with van der Waals surface area (Å²) in [6.45, 7) is 3.36. The maximum atomic E-state index is 5.43. The van der Waals surface area contributed by atoms with Crippen molar-refractivity contribution in [2.75, 3.05) is 33.5 Å². The topological polar surface area (TPSA) is 30.5 Å². The van der Waals surface area contributed by atoms with Crippen LogP contribution in [0.25, 0.3) is 0 Å². The molecule has 0 aromatic rings. The van der Waals surface area contributed by atoms with Gasteiger partial charge in [-0.25, -0.2) is 0 Å². The zero-order chi connectivity index (χ0) is 10.1. The van der Waals surface area contributed by atoms with Gasteiger partial charge in [0.2, 0.25) is 0 Å². The molecule has 0 saturated carbocycles. The van der Waals surface area contributed by atoms with Crippen LogP contribution in [0.2, 0.25) is 0 Å². The standard InChI is InChI=1S/C11H21NO2/c1-13-8-4-9-14-10-7-12-11-5-2-3-6-11/h2-3,11-12H,4-10H2,1H3. The Morgan fingerprint density at radius 3 is 2.71 bits per heavy atom. The van der Waals surface area contributed by atoms with Gasteiger partial charge in [0.25, 0.3) is 0 Å². The molecule has 3 nitrogen and oxygen atoms in total. The number of ether oxygens (including phenoxy) is 2. The zero-order valence-electron chi connectivity index (χ0n) is 9.00. The molecule has 1 aliphatic rings. The molecule has 0 aromatic carbocycles. The molecular weight excluding hydrogens is 178 g/mol. The first-order valence-corrected chi connectivity index (χ1v) is 5.38. The molecule has 0 aliphatic heterocycles. The lowest BCUT2D eigenvalue weighted by atomic mass is 10.2. The van der Waals surface area contributed by atoms with Crippen LogP contribution in [-0.2, 0) is 9.47 Å².